The molecule has 0 spiro atoms. The lowest BCUT2D eigenvalue weighted by atomic mass is 10.0. The number of nitrogens with two attached hydrogens (primary N) is 1. The van der Waals surface area contributed by atoms with Gasteiger partial charge in [0.2, 0.25) is 0 Å². The smallest absolute Gasteiger partial charge is 0.0946 e. The van der Waals surface area contributed by atoms with Gasteiger partial charge in [0.05, 0.1) is 18.1 Å². The molecule has 1 heterocycles. The summed E-state index contributed by atoms with van der Waals surface area (Å²) in [5.41, 5.74) is 4.04. The van der Waals surface area contributed by atoms with Gasteiger partial charge in [-0.1, -0.05) is 39.0 Å². The van der Waals surface area contributed by atoms with E-state index in [0.717, 1.165) is 12.1 Å². The zero-order valence-electron chi connectivity index (χ0n) is 10.4. The first-order valence-corrected chi connectivity index (χ1v) is 6.22. The third-order valence-electron chi connectivity index (χ3n) is 3.01. The van der Waals surface area contributed by atoms with Crippen LogP contribution in [0, 0.1) is 0 Å². The Morgan fingerprint density at radius 1 is 1.38 bits per heavy atom. The number of aryl methyl sites for hydroxylation is 1. The molecule has 1 rings (SSSR count). The number of hydrogen-bond donors (Lipinski definition) is 2. The third-order valence-corrected chi connectivity index (χ3v) is 3.01. The Hall–Kier alpha value is -0.870. The first-order chi connectivity index (χ1) is 7.79. The molecule has 0 bridgehead atoms. The highest BCUT2D eigenvalue weighted by molar-refractivity contribution is 5.04. The molecule has 4 nitrogen and oxygen atoms in total. The molecule has 92 valence electrons. The molecule has 0 amide bonds. The average molecular weight is 224 g/mol. The summed E-state index contributed by atoms with van der Waals surface area (Å²) in [7, 11) is 2.00. The molecule has 0 aliphatic heterocycles. The van der Waals surface area contributed by atoms with E-state index in [9.17, 15) is 0 Å². The Labute approximate surface area is 98.2 Å². The van der Waals surface area contributed by atoms with Gasteiger partial charge in [0.15, 0.2) is 0 Å². The van der Waals surface area contributed by atoms with E-state index in [2.05, 4.69) is 17.3 Å². The summed E-state index contributed by atoms with van der Waals surface area (Å²) in [5, 5.41) is 0. The van der Waals surface area contributed by atoms with Crippen LogP contribution in [0.3, 0.4) is 0 Å². The lowest BCUT2D eigenvalue weighted by Gasteiger charge is -2.16. The maximum absolute atomic E-state index is 5.58. The molecule has 0 saturated carbocycles. The lowest BCUT2D eigenvalue weighted by Crippen LogP contribution is -2.29. The van der Waals surface area contributed by atoms with Crippen molar-refractivity contribution < 1.29 is 0 Å². The number of nitrogens with one attached hydrogen (secondary N) is 1. The van der Waals surface area contributed by atoms with Crippen molar-refractivity contribution in [2.24, 2.45) is 12.9 Å². The van der Waals surface area contributed by atoms with Gasteiger partial charge in [0.1, 0.15) is 0 Å². The van der Waals surface area contributed by atoms with Crippen LogP contribution in [0.4, 0.5) is 0 Å². The second-order valence-electron chi connectivity index (χ2n) is 4.35. The van der Waals surface area contributed by atoms with Gasteiger partial charge in [-0.15, -0.1) is 0 Å². The van der Waals surface area contributed by atoms with Crippen LogP contribution in [0.5, 0.6) is 0 Å². The van der Waals surface area contributed by atoms with E-state index in [1.807, 2.05) is 24.1 Å². The Kier molecular flexibility index (Phi) is 6.11. The molecule has 1 unspecified atom stereocenters. The second kappa shape index (κ2) is 7.41. The SMILES string of the molecule is CCCCCCCC(NN)c1cncn1C. The van der Waals surface area contributed by atoms with Crippen molar-refractivity contribution in [3.05, 3.63) is 18.2 Å². The third kappa shape index (κ3) is 3.94. The zero-order chi connectivity index (χ0) is 11.8. The van der Waals surface area contributed by atoms with Gasteiger partial charge in [0.25, 0.3) is 0 Å². The van der Waals surface area contributed by atoms with Crippen LogP contribution in [-0.2, 0) is 7.05 Å². The van der Waals surface area contributed by atoms with E-state index < -0.39 is 0 Å². The molecule has 4 heteroatoms. The van der Waals surface area contributed by atoms with Crippen LogP contribution in [0.25, 0.3) is 0 Å². The van der Waals surface area contributed by atoms with E-state index in [4.69, 9.17) is 5.84 Å². The molecule has 0 aliphatic rings. The molecule has 1 atom stereocenters. The molecule has 0 aromatic carbocycles. The van der Waals surface area contributed by atoms with Gasteiger partial charge < -0.3 is 4.57 Å². The summed E-state index contributed by atoms with van der Waals surface area (Å²) in [4.78, 5) is 4.12. The summed E-state index contributed by atoms with van der Waals surface area (Å²) in [5.74, 6) is 5.58. The number of aromatic nitrogens is 2. The second-order valence-corrected chi connectivity index (χ2v) is 4.35. The summed E-state index contributed by atoms with van der Waals surface area (Å²) in [6.45, 7) is 2.24. The van der Waals surface area contributed by atoms with Crippen LogP contribution in [-0.4, -0.2) is 9.55 Å². The number of nitrogens with zero attached hydrogens (tertiary/aromatic N) is 2. The van der Waals surface area contributed by atoms with Crippen molar-refractivity contribution in [3.8, 4) is 0 Å². The van der Waals surface area contributed by atoms with E-state index in [-0.39, 0.29) is 6.04 Å². The predicted molar refractivity (Wildman–Crippen MR) is 66.6 cm³/mol. The summed E-state index contributed by atoms with van der Waals surface area (Å²) in [6, 6.07) is 0.231. The highest BCUT2D eigenvalue weighted by atomic mass is 15.2. The normalized spacial score (nSPS) is 12.9. The van der Waals surface area contributed by atoms with Gasteiger partial charge in [-0.05, 0) is 6.42 Å². The molecule has 0 radical (unpaired) electrons. The van der Waals surface area contributed by atoms with Gasteiger partial charge in [0, 0.05) is 13.2 Å². The van der Waals surface area contributed by atoms with Crippen LogP contribution < -0.4 is 11.3 Å². The lowest BCUT2D eigenvalue weighted by molar-refractivity contribution is 0.460. The number of rotatable bonds is 8. The predicted octanol–water partition coefficient (Wildman–Crippen LogP) is 2.29. The molecule has 1 aromatic heterocycles. The number of hydrazine groups is 1. The van der Waals surface area contributed by atoms with Crippen molar-refractivity contribution in [1.29, 1.82) is 0 Å². The first-order valence-electron chi connectivity index (χ1n) is 6.22. The Bertz CT molecular complexity index is 282. The monoisotopic (exact) mass is 224 g/mol. The Morgan fingerprint density at radius 2 is 2.12 bits per heavy atom. The minimum Gasteiger partial charge on any atom is -0.336 e. The fraction of sp³-hybridized carbons (Fsp3) is 0.750. The van der Waals surface area contributed by atoms with Gasteiger partial charge in [-0.3, -0.25) is 11.3 Å². The van der Waals surface area contributed by atoms with E-state index in [0.29, 0.717) is 0 Å². The van der Waals surface area contributed by atoms with Crippen LogP contribution in [0.15, 0.2) is 12.5 Å². The minimum atomic E-state index is 0.231. The molecule has 0 aliphatic carbocycles. The van der Waals surface area contributed by atoms with Gasteiger partial charge >= 0.3 is 0 Å². The first kappa shape index (κ1) is 13.2. The topological polar surface area (TPSA) is 55.9 Å². The molecule has 3 N–H and O–H groups in total. The van der Waals surface area contributed by atoms with E-state index in [1.165, 1.54) is 32.1 Å². The zero-order valence-corrected chi connectivity index (χ0v) is 10.4. The quantitative estimate of drug-likeness (QED) is 0.404. The molecule has 16 heavy (non-hydrogen) atoms. The number of hydrogen-bond acceptors (Lipinski definition) is 3. The van der Waals surface area contributed by atoms with Crippen molar-refractivity contribution >= 4 is 0 Å². The summed E-state index contributed by atoms with van der Waals surface area (Å²) in [6.07, 6.45) is 11.3. The van der Waals surface area contributed by atoms with Crippen molar-refractivity contribution in [1.82, 2.24) is 15.0 Å². The van der Waals surface area contributed by atoms with Crippen molar-refractivity contribution in [2.45, 2.75) is 51.5 Å². The van der Waals surface area contributed by atoms with E-state index >= 15 is 0 Å². The average Bonchev–Trinajstić information content (AvgIpc) is 2.70. The highest BCUT2D eigenvalue weighted by Crippen LogP contribution is 2.18. The van der Waals surface area contributed by atoms with E-state index in [1.54, 1.807) is 0 Å². The van der Waals surface area contributed by atoms with Gasteiger partial charge in [-0.2, -0.15) is 0 Å². The molecule has 0 fully saturated rings. The minimum absolute atomic E-state index is 0.231. The summed E-state index contributed by atoms with van der Waals surface area (Å²) < 4.78 is 2.02. The Morgan fingerprint density at radius 3 is 2.69 bits per heavy atom. The van der Waals surface area contributed by atoms with Crippen molar-refractivity contribution in [2.75, 3.05) is 0 Å². The van der Waals surface area contributed by atoms with Crippen LogP contribution in [0.1, 0.15) is 57.2 Å². The fourth-order valence-corrected chi connectivity index (χ4v) is 1.97. The van der Waals surface area contributed by atoms with Gasteiger partial charge in [-0.25, -0.2) is 4.98 Å². The standard InChI is InChI=1S/C12H24N4/c1-3-4-5-6-7-8-11(15-13)12-9-14-10-16(12)2/h9-11,15H,3-8,13H2,1-2H3. The molecule has 1 aromatic rings. The summed E-state index contributed by atoms with van der Waals surface area (Å²) >= 11 is 0. The number of unbranched alkanes of at least 4 members (excludes halogenated alkanes) is 4. The Balaban J connectivity index is 2.30. The maximum Gasteiger partial charge on any atom is 0.0946 e. The molecule has 0 saturated heterocycles. The van der Waals surface area contributed by atoms with Crippen LogP contribution in [0.2, 0.25) is 0 Å². The fourth-order valence-electron chi connectivity index (χ4n) is 1.97. The maximum atomic E-state index is 5.58. The van der Waals surface area contributed by atoms with Crippen molar-refractivity contribution in [3.63, 3.8) is 0 Å². The highest BCUT2D eigenvalue weighted by Gasteiger charge is 2.12. The largest absolute Gasteiger partial charge is 0.336 e. The molecular formula is C12H24N4. The number of imidazole rings is 1. The van der Waals surface area contributed by atoms with Crippen LogP contribution >= 0.6 is 0 Å². The molecular weight excluding hydrogens is 200 g/mol.